The van der Waals surface area contributed by atoms with Crippen LogP contribution in [0, 0.1) is 5.92 Å². The average Bonchev–Trinajstić information content (AvgIpc) is 2.95. The minimum atomic E-state index is -0.714. The number of benzene rings is 1. The summed E-state index contributed by atoms with van der Waals surface area (Å²) in [4.78, 5) is 7.66. The molecule has 0 bridgehead atoms. The first-order valence-corrected chi connectivity index (χ1v) is 15.8. The van der Waals surface area contributed by atoms with Crippen molar-refractivity contribution in [1.82, 2.24) is 10.9 Å². The van der Waals surface area contributed by atoms with Gasteiger partial charge in [0, 0.05) is 33.6 Å². The van der Waals surface area contributed by atoms with Gasteiger partial charge in [-0.2, -0.15) is 0 Å². The Kier molecular flexibility index (Phi) is 15.7. The molecule has 1 heterocycles. The molecule has 1 aliphatic heterocycles. The van der Waals surface area contributed by atoms with Crippen LogP contribution in [-0.4, -0.2) is 63.0 Å². The van der Waals surface area contributed by atoms with Crippen LogP contribution in [0.25, 0.3) is 0 Å². The van der Waals surface area contributed by atoms with Crippen molar-refractivity contribution < 1.29 is 14.6 Å². The van der Waals surface area contributed by atoms with Crippen molar-refractivity contribution >= 4 is 50.8 Å². The summed E-state index contributed by atoms with van der Waals surface area (Å²) in [6.07, 6.45) is 3.23. The Labute approximate surface area is 257 Å². The zero-order chi connectivity index (χ0) is 29.7. The van der Waals surface area contributed by atoms with Crippen molar-refractivity contribution in [3.8, 4) is 0 Å². The molecule has 1 fully saturated rings. The number of hydrogen-bond acceptors (Lipinski definition) is 7. The van der Waals surface area contributed by atoms with E-state index in [1.165, 1.54) is 0 Å². The molecule has 2 rings (SSSR count). The smallest absolute Gasteiger partial charge is 0.170 e. The van der Waals surface area contributed by atoms with Gasteiger partial charge in [0.05, 0.1) is 18.8 Å². The number of nitrogens with one attached hydrogen (secondary N) is 2. The second kappa shape index (κ2) is 18.1. The van der Waals surface area contributed by atoms with Crippen molar-refractivity contribution in [3.05, 3.63) is 67.7 Å². The molecule has 1 aromatic rings. The number of allylic oxidation sites excluding steroid dienone is 2. The molecule has 3 unspecified atom stereocenters. The van der Waals surface area contributed by atoms with Gasteiger partial charge in [-0.05, 0) is 65.8 Å². The lowest BCUT2D eigenvalue weighted by molar-refractivity contribution is -0.126. The van der Waals surface area contributed by atoms with Crippen molar-refractivity contribution in [3.63, 3.8) is 0 Å². The first kappa shape index (κ1) is 34.7. The molecule has 0 radical (unpaired) electrons. The summed E-state index contributed by atoms with van der Waals surface area (Å²) in [5.41, 5.74) is 11.3. The van der Waals surface area contributed by atoms with E-state index in [0.717, 1.165) is 39.9 Å². The summed E-state index contributed by atoms with van der Waals surface area (Å²) in [6, 6.07) is 5.59. The lowest BCUT2D eigenvalue weighted by Gasteiger charge is -2.40. The monoisotopic (exact) mass is 654 g/mol. The van der Waals surface area contributed by atoms with E-state index in [2.05, 4.69) is 71.3 Å². The zero-order valence-electron chi connectivity index (χ0n) is 24.5. The van der Waals surface area contributed by atoms with Gasteiger partial charge in [0.2, 0.25) is 0 Å². The molecule has 1 aromatic carbocycles. The van der Waals surface area contributed by atoms with Crippen LogP contribution in [0.2, 0.25) is 5.02 Å². The van der Waals surface area contributed by atoms with Gasteiger partial charge >= 0.3 is 0 Å². The van der Waals surface area contributed by atoms with Gasteiger partial charge in [0.25, 0.3) is 0 Å². The van der Waals surface area contributed by atoms with Crippen LogP contribution in [0.15, 0.2) is 67.7 Å². The second-order valence-electron chi connectivity index (χ2n) is 9.48. The molecule has 0 saturated carbocycles. The van der Waals surface area contributed by atoms with E-state index < -0.39 is 18.3 Å². The molecule has 4 atom stereocenters. The number of ether oxygens (including phenoxy) is 2. The Morgan fingerprint density at radius 2 is 2.12 bits per heavy atom. The number of aliphatic hydroxyl groups is 1. The van der Waals surface area contributed by atoms with Gasteiger partial charge in [-0.15, -0.1) is 0 Å². The van der Waals surface area contributed by atoms with E-state index in [-0.39, 0.29) is 6.61 Å². The van der Waals surface area contributed by atoms with Gasteiger partial charge in [-0.1, -0.05) is 75.4 Å². The molecule has 0 aliphatic carbocycles. The summed E-state index contributed by atoms with van der Waals surface area (Å²) >= 11 is 11.5. The molecule has 222 valence electrons. The van der Waals surface area contributed by atoms with Crippen LogP contribution >= 0.6 is 39.3 Å². The zero-order valence-corrected chi connectivity index (χ0v) is 27.6. The third kappa shape index (κ3) is 10.1. The molecular weight excluding hydrogens is 612 g/mol. The lowest BCUT2D eigenvalue weighted by Crippen LogP contribution is -2.56. The molecule has 1 aliphatic rings. The fourth-order valence-corrected chi connectivity index (χ4v) is 5.48. The molecule has 3 N–H and O–H groups in total. The van der Waals surface area contributed by atoms with Crippen molar-refractivity contribution in [2.24, 2.45) is 10.9 Å². The van der Waals surface area contributed by atoms with Crippen LogP contribution in [0.1, 0.15) is 47.0 Å². The molecule has 7 nitrogen and oxygen atoms in total. The number of thioether (sulfide) groups is 1. The number of amidine groups is 1. The number of hydrogen-bond donors (Lipinski definition) is 3. The van der Waals surface area contributed by atoms with Gasteiger partial charge in [0.1, 0.15) is 18.0 Å². The highest BCUT2D eigenvalue weighted by Gasteiger charge is 2.40. The standard InChI is InChI=1S/C30H44BrClN4O3S/c1-8-11-22(21(5)40-15-14-20(4)9-2)16-26-28(19-37)39-29(27(38-26)18-35-33-6)30(34-10-3)36(7)25-17-23(32)12-13-24(25)31/h12-15,17,20,27-29,33,35,37H,5,8-11,18-19H2,1-4,6-7H3/b15-14-,34-30?/t16?,20-,27?,28?,29?/m1/s1. The van der Waals surface area contributed by atoms with Crippen molar-refractivity contribution in [2.45, 2.75) is 65.3 Å². The van der Waals surface area contributed by atoms with Crippen LogP contribution in [0.4, 0.5) is 5.69 Å². The van der Waals surface area contributed by atoms with E-state index in [1.54, 1.807) is 18.8 Å². The number of nitrogens with zero attached hydrogens (tertiary/aromatic N) is 2. The number of halogens is 2. The Hall–Kier alpha value is -1.55. The highest BCUT2D eigenvalue weighted by Crippen LogP contribution is 2.33. The molecule has 0 amide bonds. The summed E-state index contributed by atoms with van der Waals surface area (Å²) < 4.78 is 14.0. The number of aliphatic imine (C=N–C) groups is 1. The number of hydrazine groups is 1. The topological polar surface area (TPSA) is 78.4 Å². The second-order valence-corrected chi connectivity index (χ2v) is 11.8. The van der Waals surface area contributed by atoms with Crippen LogP contribution in [0.3, 0.4) is 0 Å². The number of rotatable bonds is 14. The Balaban J connectivity index is 2.51. The fraction of sp³-hybridized carbons (Fsp3) is 0.533. The van der Waals surface area contributed by atoms with Gasteiger partial charge in [0.15, 0.2) is 11.9 Å². The van der Waals surface area contributed by atoms with Crippen molar-refractivity contribution in [2.75, 3.05) is 38.7 Å². The molecule has 10 heteroatoms. The maximum atomic E-state index is 10.4. The highest BCUT2D eigenvalue weighted by atomic mass is 79.9. The third-order valence-corrected chi connectivity index (χ3v) is 8.15. The first-order valence-electron chi connectivity index (χ1n) is 13.8. The van der Waals surface area contributed by atoms with Crippen LogP contribution in [-0.2, 0) is 9.47 Å². The predicted molar refractivity (Wildman–Crippen MR) is 174 cm³/mol. The number of aliphatic hydroxyl groups excluding tert-OH is 1. The van der Waals surface area contributed by atoms with Gasteiger partial charge in [-0.25, -0.2) is 0 Å². The normalized spacial score (nSPS) is 20.3. The molecule has 0 spiro atoms. The fourth-order valence-electron chi connectivity index (χ4n) is 3.99. The molecule has 40 heavy (non-hydrogen) atoms. The summed E-state index contributed by atoms with van der Waals surface area (Å²) in [6.45, 7) is 13.5. The first-order chi connectivity index (χ1) is 19.2. The lowest BCUT2D eigenvalue weighted by atomic mass is 10.1. The molecule has 1 saturated heterocycles. The Bertz CT molecular complexity index is 1110. The highest BCUT2D eigenvalue weighted by molar-refractivity contribution is 9.10. The van der Waals surface area contributed by atoms with E-state index in [0.29, 0.717) is 35.6 Å². The van der Waals surface area contributed by atoms with Crippen LogP contribution in [0.5, 0.6) is 0 Å². The minimum absolute atomic E-state index is 0.262. The maximum Gasteiger partial charge on any atom is 0.170 e. The third-order valence-electron chi connectivity index (χ3n) is 6.42. The average molecular weight is 656 g/mol. The maximum absolute atomic E-state index is 10.4. The Morgan fingerprint density at radius 1 is 1.38 bits per heavy atom. The van der Waals surface area contributed by atoms with E-state index in [4.69, 9.17) is 26.1 Å². The van der Waals surface area contributed by atoms with Crippen LogP contribution < -0.4 is 15.8 Å². The van der Waals surface area contributed by atoms with E-state index in [1.807, 2.05) is 37.1 Å². The predicted octanol–water partition coefficient (Wildman–Crippen LogP) is 6.84. The van der Waals surface area contributed by atoms with E-state index in [9.17, 15) is 5.11 Å². The minimum Gasteiger partial charge on any atom is -0.479 e. The van der Waals surface area contributed by atoms with Gasteiger partial charge in [-0.3, -0.25) is 15.8 Å². The summed E-state index contributed by atoms with van der Waals surface area (Å²) in [7, 11) is 3.72. The van der Waals surface area contributed by atoms with E-state index >= 15 is 0 Å². The largest absolute Gasteiger partial charge is 0.479 e. The summed E-state index contributed by atoms with van der Waals surface area (Å²) in [5, 5.41) is 13.1. The number of likely N-dealkylation sites (N-methyl/N-ethyl adjacent to an activating group) is 1. The molecular formula is C30H44BrClN4O3S. The Morgan fingerprint density at radius 3 is 2.75 bits per heavy atom. The number of anilines is 1. The quantitative estimate of drug-likeness (QED) is 0.0666. The molecule has 0 aromatic heterocycles. The van der Waals surface area contributed by atoms with Gasteiger partial charge < -0.3 is 19.5 Å². The SMILES string of the molecule is C=C(S/C=C\[C@H](C)CC)C(=C=C1OC(CNNC)C(C(=NCC)N(C)c2cc(Cl)ccc2Br)OC1CO)CCC. The summed E-state index contributed by atoms with van der Waals surface area (Å²) in [5.74, 6) is 1.63. The van der Waals surface area contributed by atoms with Crippen molar-refractivity contribution in [1.29, 1.82) is 0 Å².